The Kier molecular flexibility index (Phi) is 1.93. The lowest BCUT2D eigenvalue weighted by atomic mass is 10.4. The summed E-state index contributed by atoms with van der Waals surface area (Å²) in [5, 5.41) is 17.5. The molecule has 0 aromatic heterocycles. The van der Waals surface area contributed by atoms with Crippen molar-refractivity contribution in [2.75, 3.05) is 0 Å². The predicted molar refractivity (Wildman–Crippen MR) is 24.1 cm³/mol. The molecule has 5 heteroatoms. The van der Waals surface area contributed by atoms with E-state index in [2.05, 4.69) is 0 Å². The van der Waals surface area contributed by atoms with Gasteiger partial charge in [0.1, 0.15) is 0 Å². The molecule has 0 heterocycles. The summed E-state index contributed by atoms with van der Waals surface area (Å²) in [4.78, 5) is 18.4. The first-order chi connectivity index (χ1) is 3.55. The molecule has 0 saturated carbocycles. The normalized spacial score (nSPS) is 12.6. The molecule has 0 fully saturated rings. The van der Waals surface area contributed by atoms with E-state index in [1.54, 1.807) is 0 Å². The van der Waals surface area contributed by atoms with Crippen molar-refractivity contribution in [2.45, 2.75) is 13.0 Å². The van der Waals surface area contributed by atoms with Crippen LogP contribution in [-0.2, 0) is 4.79 Å². The number of rotatable bonds is 2. The summed E-state index contributed by atoms with van der Waals surface area (Å²) in [5.74, 6) is -1.41. The van der Waals surface area contributed by atoms with E-state index in [9.17, 15) is 14.9 Å². The number of hydrogen-bond donors (Lipinski definition) is 1. The van der Waals surface area contributed by atoms with E-state index in [-0.39, 0.29) is 0 Å². The molecule has 0 radical (unpaired) electrons. The second-order valence-corrected chi connectivity index (χ2v) is 1.30. The molecule has 0 saturated heterocycles. The largest absolute Gasteiger partial charge is 0.476 e. The van der Waals surface area contributed by atoms with Crippen molar-refractivity contribution in [3.05, 3.63) is 10.1 Å². The quantitative estimate of drug-likeness (QED) is 0.401. The minimum Gasteiger partial charge on any atom is -0.476 e. The second-order valence-electron chi connectivity index (χ2n) is 1.30. The number of carboxylic acid groups (broad SMARTS) is 1. The van der Waals surface area contributed by atoms with E-state index >= 15 is 0 Å². The Hall–Kier alpha value is -1.13. The highest BCUT2D eigenvalue weighted by molar-refractivity contribution is 5.71. The van der Waals surface area contributed by atoms with Crippen molar-refractivity contribution in [3.63, 3.8) is 0 Å². The highest BCUT2D eigenvalue weighted by Crippen LogP contribution is 1.84. The average Bonchev–Trinajstić information content (AvgIpc) is 1.64. The summed E-state index contributed by atoms with van der Waals surface area (Å²) in [6, 6.07) is -1.49. The highest BCUT2D eigenvalue weighted by Gasteiger charge is 2.21. The molecular weight excluding hydrogens is 114 g/mol. The molecule has 0 bridgehead atoms. The van der Waals surface area contributed by atoms with Crippen LogP contribution < -0.4 is 0 Å². The van der Waals surface area contributed by atoms with Gasteiger partial charge in [0, 0.05) is 11.8 Å². The van der Waals surface area contributed by atoms with Gasteiger partial charge in [-0.1, -0.05) is 0 Å². The molecule has 0 rings (SSSR count). The molecule has 1 atom stereocenters. The third-order valence-electron chi connectivity index (χ3n) is 0.674. The summed E-state index contributed by atoms with van der Waals surface area (Å²) in [5.41, 5.74) is 0. The third-order valence-corrected chi connectivity index (χ3v) is 0.674. The van der Waals surface area contributed by atoms with Gasteiger partial charge in [0.05, 0.1) is 0 Å². The van der Waals surface area contributed by atoms with Gasteiger partial charge < -0.3 is 5.11 Å². The molecule has 46 valence electrons. The van der Waals surface area contributed by atoms with E-state index in [0.717, 1.165) is 6.92 Å². The van der Waals surface area contributed by atoms with Crippen LogP contribution in [0.15, 0.2) is 0 Å². The first kappa shape index (κ1) is 6.87. The van der Waals surface area contributed by atoms with Crippen molar-refractivity contribution in [1.29, 1.82) is 0 Å². The molecule has 0 spiro atoms. The topological polar surface area (TPSA) is 80.4 Å². The summed E-state index contributed by atoms with van der Waals surface area (Å²) in [6.07, 6.45) is 0. The fourth-order valence-corrected chi connectivity index (χ4v) is 0.0902. The SMILES string of the molecule is C[C@H](C(=O)O)[N+](=O)[O-]. The van der Waals surface area contributed by atoms with Crippen LogP contribution in [0.5, 0.6) is 0 Å². The molecule has 0 aliphatic rings. The van der Waals surface area contributed by atoms with Crippen molar-refractivity contribution in [3.8, 4) is 0 Å². The maximum atomic E-state index is 9.70. The molecular formula is C3H5NO4. The molecule has 0 aliphatic heterocycles. The average molecular weight is 119 g/mol. The smallest absolute Gasteiger partial charge is 0.378 e. The molecule has 0 unspecified atom stereocenters. The molecule has 0 amide bonds. The maximum Gasteiger partial charge on any atom is 0.378 e. The van der Waals surface area contributed by atoms with Gasteiger partial charge in [0.15, 0.2) is 0 Å². The number of nitro groups is 1. The van der Waals surface area contributed by atoms with E-state index in [1.165, 1.54) is 0 Å². The Labute approximate surface area is 45.1 Å². The van der Waals surface area contributed by atoms with Crippen LogP contribution in [0.1, 0.15) is 6.92 Å². The summed E-state index contributed by atoms with van der Waals surface area (Å²) < 4.78 is 0. The number of aliphatic carboxylic acids is 1. The van der Waals surface area contributed by atoms with Gasteiger partial charge in [-0.3, -0.25) is 10.1 Å². The van der Waals surface area contributed by atoms with Crippen LogP contribution in [0, 0.1) is 10.1 Å². The Bertz CT molecular complexity index is 106. The first-order valence-corrected chi connectivity index (χ1v) is 1.92. The van der Waals surface area contributed by atoms with Gasteiger partial charge in [0.25, 0.3) is 0 Å². The molecule has 0 aromatic carbocycles. The maximum absolute atomic E-state index is 9.70. The van der Waals surface area contributed by atoms with Gasteiger partial charge in [-0.2, -0.15) is 0 Å². The van der Waals surface area contributed by atoms with E-state index in [0.29, 0.717) is 0 Å². The van der Waals surface area contributed by atoms with Crippen molar-refractivity contribution in [1.82, 2.24) is 0 Å². The van der Waals surface area contributed by atoms with Crippen molar-refractivity contribution < 1.29 is 14.8 Å². The van der Waals surface area contributed by atoms with Gasteiger partial charge in [0.2, 0.25) is 0 Å². The van der Waals surface area contributed by atoms with Crippen LogP contribution in [0.25, 0.3) is 0 Å². The van der Waals surface area contributed by atoms with Crippen molar-refractivity contribution in [2.24, 2.45) is 0 Å². The van der Waals surface area contributed by atoms with Gasteiger partial charge >= 0.3 is 12.0 Å². The van der Waals surface area contributed by atoms with Gasteiger partial charge in [-0.15, -0.1) is 0 Å². The molecule has 8 heavy (non-hydrogen) atoms. The van der Waals surface area contributed by atoms with E-state index < -0.39 is 16.9 Å². The second kappa shape index (κ2) is 2.25. The lowest BCUT2D eigenvalue weighted by Crippen LogP contribution is -2.24. The zero-order chi connectivity index (χ0) is 6.73. The predicted octanol–water partition coefficient (Wildman–Crippen LogP) is -0.264. The summed E-state index contributed by atoms with van der Waals surface area (Å²) in [7, 11) is 0. The van der Waals surface area contributed by atoms with Crippen LogP contribution in [-0.4, -0.2) is 22.0 Å². The lowest BCUT2D eigenvalue weighted by Gasteiger charge is -1.92. The number of carboxylic acids is 1. The standard InChI is InChI=1S/C3H5NO4/c1-2(3(5)6)4(7)8/h2H,1H3,(H,5,6)/t2-/m1/s1. The lowest BCUT2D eigenvalue weighted by molar-refractivity contribution is -0.505. The van der Waals surface area contributed by atoms with Crippen molar-refractivity contribution >= 4 is 5.97 Å². The Balaban J connectivity index is 3.83. The zero-order valence-corrected chi connectivity index (χ0v) is 4.20. The minimum atomic E-state index is -1.49. The summed E-state index contributed by atoms with van der Waals surface area (Å²) >= 11 is 0. The minimum absolute atomic E-state index is 0.859. The van der Waals surface area contributed by atoms with Crippen LogP contribution in [0.2, 0.25) is 0 Å². The fraction of sp³-hybridized carbons (Fsp3) is 0.667. The Morgan fingerprint density at radius 3 is 2.25 bits per heavy atom. The number of carbonyl (C=O) groups is 1. The van der Waals surface area contributed by atoms with E-state index in [4.69, 9.17) is 5.11 Å². The van der Waals surface area contributed by atoms with Crippen LogP contribution in [0.3, 0.4) is 0 Å². The highest BCUT2D eigenvalue weighted by atomic mass is 16.6. The molecule has 1 N–H and O–H groups in total. The molecule has 0 aromatic rings. The Morgan fingerprint density at radius 1 is 1.88 bits per heavy atom. The van der Waals surface area contributed by atoms with Gasteiger partial charge in [-0.25, -0.2) is 4.79 Å². The number of hydrogen-bond acceptors (Lipinski definition) is 3. The monoisotopic (exact) mass is 119 g/mol. The summed E-state index contributed by atoms with van der Waals surface area (Å²) in [6.45, 7) is 1.02. The molecule has 0 aliphatic carbocycles. The van der Waals surface area contributed by atoms with E-state index in [1.807, 2.05) is 0 Å². The van der Waals surface area contributed by atoms with Crippen LogP contribution >= 0.6 is 0 Å². The Morgan fingerprint density at radius 2 is 2.25 bits per heavy atom. The zero-order valence-electron chi connectivity index (χ0n) is 4.20. The fourth-order valence-electron chi connectivity index (χ4n) is 0.0902. The number of nitrogens with zero attached hydrogens (tertiary/aromatic N) is 1. The molecule has 5 nitrogen and oxygen atoms in total. The first-order valence-electron chi connectivity index (χ1n) is 1.92. The van der Waals surface area contributed by atoms with Gasteiger partial charge in [-0.05, 0) is 0 Å². The van der Waals surface area contributed by atoms with Crippen LogP contribution in [0.4, 0.5) is 0 Å². The third kappa shape index (κ3) is 1.55.